The van der Waals surface area contributed by atoms with Crippen molar-refractivity contribution in [3.05, 3.63) is 83.7 Å². The molecule has 4 rings (SSSR count). The second-order valence-corrected chi connectivity index (χ2v) is 8.66. The van der Waals surface area contributed by atoms with Crippen molar-refractivity contribution in [3.63, 3.8) is 0 Å². The molecule has 7 nitrogen and oxygen atoms in total. The van der Waals surface area contributed by atoms with Crippen molar-refractivity contribution in [2.45, 2.75) is 44.4 Å². The Morgan fingerprint density at radius 1 is 1.06 bits per heavy atom. The molecule has 7 heteroatoms. The molecule has 1 N–H and O–H groups in total. The van der Waals surface area contributed by atoms with E-state index in [0.29, 0.717) is 43.2 Å². The number of carbonyl (C=O) groups is 1. The van der Waals surface area contributed by atoms with Crippen LogP contribution in [0.5, 0.6) is 17.2 Å². The van der Waals surface area contributed by atoms with Gasteiger partial charge < -0.3 is 19.3 Å². The van der Waals surface area contributed by atoms with Gasteiger partial charge in [0.15, 0.2) is 11.5 Å². The summed E-state index contributed by atoms with van der Waals surface area (Å²) in [4.78, 5) is 18.7. The largest absolute Gasteiger partial charge is 0.493 e. The van der Waals surface area contributed by atoms with Crippen LogP contribution in [0.1, 0.15) is 42.1 Å². The summed E-state index contributed by atoms with van der Waals surface area (Å²) < 4.78 is 17.6. The number of rotatable bonds is 10. The van der Waals surface area contributed by atoms with Crippen molar-refractivity contribution in [3.8, 4) is 17.2 Å². The molecular formula is C28H32N2O5. The van der Waals surface area contributed by atoms with Crippen molar-refractivity contribution in [1.29, 1.82) is 0 Å². The Hall–Kier alpha value is -3.58. The fourth-order valence-electron chi connectivity index (χ4n) is 4.70. The molecule has 184 valence electrons. The average Bonchev–Trinajstić information content (AvgIpc) is 2.91. The van der Waals surface area contributed by atoms with Crippen LogP contribution >= 0.6 is 0 Å². The SMILES string of the molecule is COc1cc(C(Cc2ccccn2)N2CCCCC2C(=O)O)cc(OC)c1OCc1ccccc1. The van der Waals surface area contributed by atoms with Crippen LogP contribution in [0.3, 0.4) is 0 Å². The molecule has 0 radical (unpaired) electrons. The standard InChI is InChI=1S/C28H32N2O5/c1-33-25-16-21(17-26(34-2)27(25)35-19-20-10-4-3-5-11-20)24(18-22-12-6-8-14-29-22)30-15-9-7-13-23(30)28(31)32/h3-6,8,10-12,14,16-17,23-24H,7,9,13,15,18-19H2,1-2H3,(H,31,32). The summed E-state index contributed by atoms with van der Waals surface area (Å²) >= 11 is 0. The van der Waals surface area contributed by atoms with Gasteiger partial charge in [0.05, 0.1) is 14.2 Å². The molecule has 35 heavy (non-hydrogen) atoms. The van der Waals surface area contributed by atoms with Crippen LogP contribution in [0.2, 0.25) is 0 Å². The average molecular weight is 477 g/mol. The number of piperidine rings is 1. The minimum Gasteiger partial charge on any atom is -0.493 e. The Labute approximate surface area is 206 Å². The number of ether oxygens (including phenoxy) is 3. The van der Waals surface area contributed by atoms with Gasteiger partial charge >= 0.3 is 5.97 Å². The zero-order valence-electron chi connectivity index (χ0n) is 20.2. The van der Waals surface area contributed by atoms with Crippen LogP contribution < -0.4 is 14.2 Å². The molecule has 0 bridgehead atoms. The molecule has 1 saturated heterocycles. The first-order valence-corrected chi connectivity index (χ1v) is 11.9. The van der Waals surface area contributed by atoms with E-state index in [1.54, 1.807) is 20.4 Å². The van der Waals surface area contributed by atoms with Crippen LogP contribution in [-0.2, 0) is 17.8 Å². The Balaban J connectivity index is 1.72. The molecule has 2 heterocycles. The summed E-state index contributed by atoms with van der Waals surface area (Å²) in [5.74, 6) is 0.820. The molecule has 2 aromatic carbocycles. The lowest BCUT2D eigenvalue weighted by atomic mass is 9.93. The van der Waals surface area contributed by atoms with Gasteiger partial charge in [0.2, 0.25) is 5.75 Å². The van der Waals surface area contributed by atoms with Crippen molar-refractivity contribution < 1.29 is 24.1 Å². The third kappa shape index (κ3) is 5.92. The second kappa shape index (κ2) is 11.7. The number of pyridine rings is 1. The van der Waals surface area contributed by atoms with Gasteiger partial charge in [-0.2, -0.15) is 0 Å². The zero-order valence-corrected chi connectivity index (χ0v) is 20.2. The lowest BCUT2D eigenvalue weighted by molar-refractivity contribution is -0.146. The summed E-state index contributed by atoms with van der Waals surface area (Å²) in [6.45, 7) is 1.07. The van der Waals surface area contributed by atoms with Crippen molar-refractivity contribution in [2.24, 2.45) is 0 Å². The lowest BCUT2D eigenvalue weighted by Crippen LogP contribution is -2.47. The number of nitrogens with zero attached hydrogens (tertiary/aromatic N) is 2. The number of benzene rings is 2. The fourth-order valence-corrected chi connectivity index (χ4v) is 4.70. The predicted octanol–water partition coefficient (Wildman–Crippen LogP) is 4.90. The predicted molar refractivity (Wildman–Crippen MR) is 133 cm³/mol. The highest BCUT2D eigenvalue weighted by Gasteiger charge is 2.35. The van der Waals surface area contributed by atoms with E-state index in [2.05, 4.69) is 9.88 Å². The highest BCUT2D eigenvalue weighted by molar-refractivity contribution is 5.73. The van der Waals surface area contributed by atoms with Crippen LogP contribution in [0.4, 0.5) is 0 Å². The summed E-state index contributed by atoms with van der Waals surface area (Å²) in [5.41, 5.74) is 2.84. The molecule has 1 aliphatic rings. The Kier molecular flexibility index (Phi) is 8.21. The molecule has 2 unspecified atom stereocenters. The minimum atomic E-state index is -0.794. The highest BCUT2D eigenvalue weighted by atomic mass is 16.5. The van der Waals surface area contributed by atoms with Crippen molar-refractivity contribution >= 4 is 5.97 Å². The number of hydrogen-bond acceptors (Lipinski definition) is 6. The number of hydrogen-bond donors (Lipinski definition) is 1. The molecular weight excluding hydrogens is 444 g/mol. The maximum absolute atomic E-state index is 12.1. The zero-order chi connectivity index (χ0) is 24.6. The quantitative estimate of drug-likeness (QED) is 0.446. The number of carboxylic acids is 1. The van der Waals surface area contributed by atoms with Gasteiger partial charge in [-0.3, -0.25) is 14.7 Å². The third-order valence-corrected chi connectivity index (χ3v) is 6.45. The summed E-state index contributed by atoms with van der Waals surface area (Å²) in [5, 5.41) is 9.97. The van der Waals surface area contributed by atoms with Crippen LogP contribution in [-0.4, -0.2) is 47.8 Å². The summed E-state index contributed by atoms with van der Waals surface area (Å²) in [6, 6.07) is 18.8. The van der Waals surface area contributed by atoms with Crippen LogP contribution in [0.25, 0.3) is 0 Å². The van der Waals surface area contributed by atoms with E-state index in [0.717, 1.165) is 29.7 Å². The number of methoxy groups -OCH3 is 2. The molecule has 0 saturated carbocycles. The molecule has 0 amide bonds. The summed E-state index contributed by atoms with van der Waals surface area (Å²) in [6.07, 6.45) is 4.82. The van der Waals surface area contributed by atoms with E-state index in [1.165, 1.54) is 0 Å². The van der Waals surface area contributed by atoms with Crippen LogP contribution in [0, 0.1) is 0 Å². The molecule has 1 fully saturated rings. The molecule has 1 aliphatic heterocycles. The van der Waals surface area contributed by atoms with E-state index >= 15 is 0 Å². The molecule has 1 aromatic heterocycles. The summed E-state index contributed by atoms with van der Waals surface area (Å²) in [7, 11) is 3.20. The smallest absolute Gasteiger partial charge is 0.320 e. The van der Waals surface area contributed by atoms with E-state index in [4.69, 9.17) is 14.2 Å². The Bertz CT molecular complexity index is 1080. The number of aliphatic carboxylic acids is 1. The molecule has 3 aromatic rings. The van der Waals surface area contributed by atoms with Gasteiger partial charge in [0.1, 0.15) is 12.6 Å². The topological polar surface area (TPSA) is 81.1 Å². The third-order valence-electron chi connectivity index (χ3n) is 6.45. The highest BCUT2D eigenvalue weighted by Crippen LogP contribution is 2.43. The molecule has 0 aliphatic carbocycles. The maximum atomic E-state index is 12.1. The molecule has 0 spiro atoms. The molecule has 2 atom stereocenters. The van der Waals surface area contributed by atoms with Gasteiger partial charge in [-0.1, -0.05) is 42.8 Å². The Morgan fingerprint density at radius 2 is 1.77 bits per heavy atom. The minimum absolute atomic E-state index is 0.211. The maximum Gasteiger partial charge on any atom is 0.320 e. The number of carboxylic acid groups (broad SMARTS) is 1. The van der Waals surface area contributed by atoms with E-state index in [1.807, 2.05) is 60.7 Å². The van der Waals surface area contributed by atoms with E-state index < -0.39 is 12.0 Å². The normalized spacial score (nSPS) is 16.9. The first-order chi connectivity index (χ1) is 17.1. The second-order valence-electron chi connectivity index (χ2n) is 8.66. The first-order valence-electron chi connectivity index (χ1n) is 11.9. The number of aromatic nitrogens is 1. The fraction of sp³-hybridized carbons (Fsp3) is 0.357. The van der Waals surface area contributed by atoms with Gasteiger partial charge in [-0.25, -0.2) is 0 Å². The monoisotopic (exact) mass is 476 g/mol. The van der Waals surface area contributed by atoms with Gasteiger partial charge in [0.25, 0.3) is 0 Å². The van der Waals surface area contributed by atoms with Gasteiger partial charge in [-0.15, -0.1) is 0 Å². The first kappa shape index (κ1) is 24.5. The lowest BCUT2D eigenvalue weighted by Gasteiger charge is -2.39. The van der Waals surface area contributed by atoms with E-state index in [-0.39, 0.29) is 6.04 Å². The van der Waals surface area contributed by atoms with Crippen molar-refractivity contribution in [1.82, 2.24) is 9.88 Å². The Morgan fingerprint density at radius 3 is 2.40 bits per heavy atom. The van der Waals surface area contributed by atoms with Crippen LogP contribution in [0.15, 0.2) is 66.9 Å². The van der Waals surface area contributed by atoms with Gasteiger partial charge in [-0.05, 0) is 54.8 Å². The van der Waals surface area contributed by atoms with Gasteiger partial charge in [0, 0.05) is 24.4 Å². The van der Waals surface area contributed by atoms with Crippen molar-refractivity contribution in [2.75, 3.05) is 20.8 Å². The van der Waals surface area contributed by atoms with E-state index in [9.17, 15) is 9.90 Å². The number of likely N-dealkylation sites (tertiary alicyclic amines) is 1.